The second-order valence-corrected chi connectivity index (χ2v) is 4.30. The SMILES string of the molecule is NC(c1cccc(F)c1)c1noc(C2CC2)n1. The first kappa shape index (κ1) is 10.4. The van der Waals surface area contributed by atoms with Crippen LogP contribution in [0.4, 0.5) is 4.39 Å². The first-order chi connectivity index (χ1) is 8.24. The minimum atomic E-state index is -0.540. The van der Waals surface area contributed by atoms with E-state index >= 15 is 0 Å². The van der Waals surface area contributed by atoms with Crippen LogP contribution in [0.1, 0.15) is 42.1 Å². The maximum atomic E-state index is 13.1. The number of aromatic nitrogens is 2. The molecule has 3 rings (SSSR count). The van der Waals surface area contributed by atoms with Crippen molar-refractivity contribution in [2.24, 2.45) is 5.73 Å². The van der Waals surface area contributed by atoms with E-state index in [1.807, 2.05) is 0 Å². The molecule has 1 atom stereocenters. The minimum absolute atomic E-state index is 0.316. The Morgan fingerprint density at radius 2 is 2.24 bits per heavy atom. The van der Waals surface area contributed by atoms with Crippen molar-refractivity contribution >= 4 is 0 Å². The first-order valence-corrected chi connectivity index (χ1v) is 5.58. The summed E-state index contributed by atoms with van der Waals surface area (Å²) >= 11 is 0. The van der Waals surface area contributed by atoms with E-state index in [-0.39, 0.29) is 5.82 Å². The van der Waals surface area contributed by atoms with E-state index in [0.717, 1.165) is 12.8 Å². The normalized spacial score (nSPS) is 17.1. The van der Waals surface area contributed by atoms with Gasteiger partial charge in [-0.3, -0.25) is 0 Å². The zero-order chi connectivity index (χ0) is 11.8. The summed E-state index contributed by atoms with van der Waals surface area (Å²) in [4.78, 5) is 4.25. The van der Waals surface area contributed by atoms with Crippen LogP contribution >= 0.6 is 0 Å². The van der Waals surface area contributed by atoms with Gasteiger partial charge in [-0.25, -0.2) is 4.39 Å². The largest absolute Gasteiger partial charge is 0.339 e. The molecule has 0 aliphatic heterocycles. The van der Waals surface area contributed by atoms with Gasteiger partial charge >= 0.3 is 0 Å². The van der Waals surface area contributed by atoms with E-state index in [4.69, 9.17) is 10.3 Å². The average Bonchev–Trinajstić information content (AvgIpc) is 3.07. The van der Waals surface area contributed by atoms with Crippen LogP contribution < -0.4 is 5.73 Å². The van der Waals surface area contributed by atoms with E-state index < -0.39 is 6.04 Å². The molecule has 1 aromatic heterocycles. The van der Waals surface area contributed by atoms with Gasteiger partial charge < -0.3 is 10.3 Å². The lowest BCUT2D eigenvalue weighted by molar-refractivity contribution is 0.372. The average molecular weight is 233 g/mol. The Hall–Kier alpha value is -1.75. The molecule has 2 N–H and O–H groups in total. The fourth-order valence-corrected chi connectivity index (χ4v) is 1.72. The zero-order valence-electron chi connectivity index (χ0n) is 9.14. The van der Waals surface area contributed by atoms with Crippen molar-refractivity contribution in [1.29, 1.82) is 0 Å². The number of nitrogens with zero attached hydrogens (tertiary/aromatic N) is 2. The Kier molecular flexibility index (Phi) is 2.40. The molecule has 1 saturated carbocycles. The number of halogens is 1. The Morgan fingerprint density at radius 1 is 1.41 bits per heavy atom. The van der Waals surface area contributed by atoms with Crippen LogP contribution in [0, 0.1) is 5.82 Å². The highest BCUT2D eigenvalue weighted by molar-refractivity contribution is 5.24. The van der Waals surface area contributed by atoms with Crippen LogP contribution in [-0.2, 0) is 0 Å². The molecule has 5 heteroatoms. The second kappa shape index (κ2) is 3.92. The maximum absolute atomic E-state index is 13.1. The Bertz CT molecular complexity index is 536. The lowest BCUT2D eigenvalue weighted by Crippen LogP contribution is -2.13. The van der Waals surface area contributed by atoms with Gasteiger partial charge in [-0.2, -0.15) is 4.98 Å². The lowest BCUT2D eigenvalue weighted by Gasteiger charge is -2.06. The van der Waals surface area contributed by atoms with Gasteiger partial charge in [0.1, 0.15) is 5.82 Å². The van der Waals surface area contributed by atoms with Crippen molar-refractivity contribution < 1.29 is 8.91 Å². The molecule has 0 amide bonds. The maximum Gasteiger partial charge on any atom is 0.229 e. The van der Waals surface area contributed by atoms with Crippen LogP contribution in [0.3, 0.4) is 0 Å². The third kappa shape index (κ3) is 2.06. The Balaban J connectivity index is 1.86. The first-order valence-electron chi connectivity index (χ1n) is 5.58. The summed E-state index contributed by atoms with van der Waals surface area (Å²) in [6, 6.07) is 5.59. The van der Waals surface area contributed by atoms with E-state index in [0.29, 0.717) is 23.2 Å². The van der Waals surface area contributed by atoms with Gasteiger partial charge in [-0.15, -0.1) is 0 Å². The van der Waals surface area contributed by atoms with Crippen molar-refractivity contribution in [3.63, 3.8) is 0 Å². The number of hydrogen-bond donors (Lipinski definition) is 1. The van der Waals surface area contributed by atoms with Crippen LogP contribution in [0.5, 0.6) is 0 Å². The summed E-state index contributed by atoms with van der Waals surface area (Å²) in [5.74, 6) is 1.14. The molecule has 4 nitrogen and oxygen atoms in total. The fourth-order valence-electron chi connectivity index (χ4n) is 1.72. The van der Waals surface area contributed by atoms with E-state index in [9.17, 15) is 4.39 Å². The molecule has 0 radical (unpaired) electrons. The summed E-state index contributed by atoms with van der Waals surface area (Å²) in [6.07, 6.45) is 2.19. The molecule has 1 aliphatic carbocycles. The Morgan fingerprint density at radius 3 is 2.94 bits per heavy atom. The van der Waals surface area contributed by atoms with Gasteiger partial charge in [0.05, 0.1) is 6.04 Å². The molecule has 0 bridgehead atoms. The predicted molar refractivity (Wildman–Crippen MR) is 58.7 cm³/mol. The predicted octanol–water partition coefficient (Wildman–Crippen LogP) is 2.13. The number of benzene rings is 1. The molecule has 1 aromatic carbocycles. The van der Waals surface area contributed by atoms with Crippen LogP contribution in [-0.4, -0.2) is 10.1 Å². The van der Waals surface area contributed by atoms with Crippen molar-refractivity contribution in [2.45, 2.75) is 24.8 Å². The molecule has 1 heterocycles. The molecule has 88 valence electrons. The van der Waals surface area contributed by atoms with E-state index in [2.05, 4.69) is 10.1 Å². The summed E-state index contributed by atoms with van der Waals surface area (Å²) in [5.41, 5.74) is 6.61. The topological polar surface area (TPSA) is 64.9 Å². The van der Waals surface area contributed by atoms with E-state index in [1.165, 1.54) is 12.1 Å². The lowest BCUT2D eigenvalue weighted by atomic mass is 10.1. The molecule has 2 aromatic rings. The van der Waals surface area contributed by atoms with Gasteiger partial charge in [0.15, 0.2) is 5.82 Å². The van der Waals surface area contributed by atoms with Crippen molar-refractivity contribution in [2.75, 3.05) is 0 Å². The fraction of sp³-hybridized carbons (Fsp3) is 0.333. The highest BCUT2D eigenvalue weighted by Crippen LogP contribution is 2.39. The highest BCUT2D eigenvalue weighted by atomic mass is 19.1. The van der Waals surface area contributed by atoms with Crippen molar-refractivity contribution in [1.82, 2.24) is 10.1 Å². The molecular weight excluding hydrogens is 221 g/mol. The molecule has 0 saturated heterocycles. The van der Waals surface area contributed by atoms with Crippen LogP contribution in [0.25, 0.3) is 0 Å². The summed E-state index contributed by atoms with van der Waals surface area (Å²) in [7, 11) is 0. The van der Waals surface area contributed by atoms with Gasteiger partial charge in [0.25, 0.3) is 0 Å². The molecule has 17 heavy (non-hydrogen) atoms. The molecule has 1 unspecified atom stereocenters. The quantitative estimate of drug-likeness (QED) is 0.882. The second-order valence-electron chi connectivity index (χ2n) is 4.30. The number of nitrogens with two attached hydrogens (primary N) is 1. The van der Waals surface area contributed by atoms with Crippen LogP contribution in [0.2, 0.25) is 0 Å². The highest BCUT2D eigenvalue weighted by Gasteiger charge is 2.30. The van der Waals surface area contributed by atoms with Gasteiger partial charge in [0.2, 0.25) is 5.89 Å². The van der Waals surface area contributed by atoms with Crippen LogP contribution in [0.15, 0.2) is 28.8 Å². The number of hydrogen-bond acceptors (Lipinski definition) is 4. The van der Waals surface area contributed by atoms with Crippen molar-refractivity contribution in [3.8, 4) is 0 Å². The monoisotopic (exact) mass is 233 g/mol. The molecule has 0 spiro atoms. The van der Waals surface area contributed by atoms with Gasteiger partial charge in [-0.05, 0) is 30.5 Å². The van der Waals surface area contributed by atoms with Gasteiger partial charge in [0, 0.05) is 5.92 Å². The zero-order valence-corrected chi connectivity index (χ0v) is 9.14. The smallest absolute Gasteiger partial charge is 0.229 e. The Labute approximate surface area is 97.6 Å². The number of rotatable bonds is 3. The summed E-state index contributed by atoms with van der Waals surface area (Å²) in [6.45, 7) is 0. The molecule has 1 fully saturated rings. The standard InChI is InChI=1S/C12H12FN3O/c13-9-3-1-2-8(6-9)10(14)11-15-12(17-16-11)7-4-5-7/h1-3,6-7,10H,4-5,14H2. The van der Waals surface area contributed by atoms with Gasteiger partial charge in [-0.1, -0.05) is 17.3 Å². The minimum Gasteiger partial charge on any atom is -0.339 e. The third-order valence-corrected chi connectivity index (χ3v) is 2.87. The third-order valence-electron chi connectivity index (χ3n) is 2.87. The molecular formula is C12H12FN3O. The van der Waals surface area contributed by atoms with E-state index in [1.54, 1.807) is 12.1 Å². The molecule has 1 aliphatic rings. The summed E-state index contributed by atoms with van der Waals surface area (Å²) in [5, 5.41) is 3.85. The summed E-state index contributed by atoms with van der Waals surface area (Å²) < 4.78 is 18.2. The van der Waals surface area contributed by atoms with Crippen molar-refractivity contribution in [3.05, 3.63) is 47.4 Å².